The van der Waals surface area contributed by atoms with Crippen molar-refractivity contribution in [3.05, 3.63) is 11.6 Å². The Morgan fingerprint density at radius 1 is 1.62 bits per heavy atom. The van der Waals surface area contributed by atoms with Crippen molar-refractivity contribution in [1.82, 2.24) is 0 Å². The van der Waals surface area contributed by atoms with Crippen LogP contribution >= 0.6 is 0 Å². The smallest absolute Gasteiger partial charge is 0.0723 e. The summed E-state index contributed by atoms with van der Waals surface area (Å²) < 4.78 is 0. The van der Waals surface area contributed by atoms with E-state index in [-0.39, 0.29) is 12.2 Å². The second kappa shape index (κ2) is 5.40. The van der Waals surface area contributed by atoms with Gasteiger partial charge in [0, 0.05) is 0 Å². The fourth-order valence-electron chi connectivity index (χ4n) is 1.81. The number of allylic oxidation sites excluding steroid dienone is 1. The third-order valence-electron chi connectivity index (χ3n) is 2.55. The summed E-state index contributed by atoms with van der Waals surface area (Å²) in [6.07, 6.45) is 7.71. The Kier molecular flexibility index (Phi) is 4.46. The van der Waals surface area contributed by atoms with Gasteiger partial charge in [-0.05, 0) is 45.4 Å². The molecule has 2 heteroatoms. The summed E-state index contributed by atoms with van der Waals surface area (Å²) in [4.78, 5) is 0. The van der Waals surface area contributed by atoms with Crippen LogP contribution in [0.3, 0.4) is 0 Å². The molecule has 0 aromatic heterocycles. The molecule has 0 spiro atoms. The molecule has 13 heavy (non-hydrogen) atoms. The third-order valence-corrected chi connectivity index (χ3v) is 2.55. The zero-order chi connectivity index (χ0) is 9.68. The quantitative estimate of drug-likeness (QED) is 0.656. The molecule has 2 N–H and O–H groups in total. The summed E-state index contributed by atoms with van der Waals surface area (Å²) in [5, 5.41) is 18.4. The van der Waals surface area contributed by atoms with E-state index in [0.717, 1.165) is 38.5 Å². The van der Waals surface area contributed by atoms with Crippen molar-refractivity contribution in [1.29, 1.82) is 0 Å². The molecule has 0 aliphatic heterocycles. The molecule has 0 aromatic carbocycles. The first-order valence-electron chi connectivity index (χ1n) is 5.24. The van der Waals surface area contributed by atoms with Gasteiger partial charge in [0.25, 0.3) is 0 Å². The lowest BCUT2D eigenvalue weighted by molar-refractivity contribution is 0.180. The first kappa shape index (κ1) is 10.7. The first-order valence-corrected chi connectivity index (χ1v) is 5.24. The lowest BCUT2D eigenvalue weighted by atomic mass is 9.93. The average Bonchev–Trinajstić information content (AvgIpc) is 2.03. The van der Waals surface area contributed by atoms with Gasteiger partial charge >= 0.3 is 0 Å². The number of rotatable bonds is 4. The number of hydrogen-bond donors (Lipinski definition) is 2. The summed E-state index contributed by atoms with van der Waals surface area (Å²) in [6.45, 7) is 1.82. The maximum atomic E-state index is 9.36. The second-order valence-electron chi connectivity index (χ2n) is 4.03. The normalized spacial score (nSPS) is 25.5. The Balaban J connectivity index is 2.20. The van der Waals surface area contributed by atoms with Crippen molar-refractivity contribution >= 4 is 0 Å². The summed E-state index contributed by atoms with van der Waals surface area (Å²) in [6, 6.07) is 0. The molecular weight excluding hydrogens is 164 g/mol. The van der Waals surface area contributed by atoms with Gasteiger partial charge in [0.05, 0.1) is 12.2 Å². The first-order chi connectivity index (χ1) is 6.18. The van der Waals surface area contributed by atoms with Gasteiger partial charge in [0.15, 0.2) is 0 Å². The molecule has 0 amide bonds. The molecule has 1 aliphatic carbocycles. The highest BCUT2D eigenvalue weighted by Crippen LogP contribution is 2.22. The standard InChI is InChI=1S/C11H20O2/c1-9(12)4-2-5-10-6-3-7-11(13)8-10/h8-9,11-13H,2-7H2,1H3. The van der Waals surface area contributed by atoms with E-state index in [4.69, 9.17) is 5.11 Å². The molecule has 0 bridgehead atoms. The fourth-order valence-corrected chi connectivity index (χ4v) is 1.81. The number of aliphatic hydroxyl groups excluding tert-OH is 2. The van der Waals surface area contributed by atoms with Gasteiger partial charge in [-0.15, -0.1) is 0 Å². The van der Waals surface area contributed by atoms with Crippen LogP contribution in [0.2, 0.25) is 0 Å². The maximum absolute atomic E-state index is 9.36. The highest BCUT2D eigenvalue weighted by molar-refractivity contribution is 5.08. The van der Waals surface area contributed by atoms with Crippen LogP contribution in [-0.2, 0) is 0 Å². The fraction of sp³-hybridized carbons (Fsp3) is 0.818. The van der Waals surface area contributed by atoms with Crippen LogP contribution in [0.15, 0.2) is 11.6 Å². The molecule has 0 heterocycles. The van der Waals surface area contributed by atoms with Gasteiger partial charge in [0.2, 0.25) is 0 Å². The minimum Gasteiger partial charge on any atom is -0.393 e. The second-order valence-corrected chi connectivity index (χ2v) is 4.03. The molecule has 2 nitrogen and oxygen atoms in total. The summed E-state index contributed by atoms with van der Waals surface area (Å²) in [5.41, 5.74) is 1.37. The van der Waals surface area contributed by atoms with Gasteiger partial charge in [-0.25, -0.2) is 0 Å². The van der Waals surface area contributed by atoms with Crippen molar-refractivity contribution < 1.29 is 10.2 Å². The van der Waals surface area contributed by atoms with E-state index in [1.807, 2.05) is 13.0 Å². The third kappa shape index (κ3) is 4.44. The summed E-state index contributed by atoms with van der Waals surface area (Å²) >= 11 is 0. The van der Waals surface area contributed by atoms with Crippen molar-refractivity contribution in [3.8, 4) is 0 Å². The largest absolute Gasteiger partial charge is 0.393 e. The molecule has 2 atom stereocenters. The van der Waals surface area contributed by atoms with E-state index in [1.54, 1.807) is 0 Å². The predicted octanol–water partition coefficient (Wildman–Crippen LogP) is 2.01. The zero-order valence-corrected chi connectivity index (χ0v) is 8.37. The van der Waals surface area contributed by atoms with E-state index in [9.17, 15) is 5.11 Å². The monoisotopic (exact) mass is 184 g/mol. The average molecular weight is 184 g/mol. The molecule has 0 saturated heterocycles. The number of aliphatic hydroxyl groups is 2. The van der Waals surface area contributed by atoms with Crippen molar-refractivity contribution in [2.24, 2.45) is 0 Å². The Morgan fingerprint density at radius 2 is 2.38 bits per heavy atom. The van der Waals surface area contributed by atoms with Crippen LogP contribution in [0.4, 0.5) is 0 Å². The zero-order valence-electron chi connectivity index (χ0n) is 8.37. The molecule has 0 saturated carbocycles. The molecule has 2 unspecified atom stereocenters. The minimum atomic E-state index is -0.213. The van der Waals surface area contributed by atoms with Crippen LogP contribution in [0.1, 0.15) is 45.4 Å². The highest BCUT2D eigenvalue weighted by Gasteiger charge is 2.10. The minimum absolute atomic E-state index is 0.186. The lowest BCUT2D eigenvalue weighted by Gasteiger charge is -2.17. The van der Waals surface area contributed by atoms with Gasteiger partial charge < -0.3 is 10.2 Å². The van der Waals surface area contributed by atoms with Crippen LogP contribution in [0.5, 0.6) is 0 Å². The van der Waals surface area contributed by atoms with Gasteiger partial charge in [-0.3, -0.25) is 0 Å². The Bertz CT molecular complexity index is 173. The Hall–Kier alpha value is -0.340. The Labute approximate surface area is 80.3 Å². The van der Waals surface area contributed by atoms with E-state index >= 15 is 0 Å². The molecular formula is C11H20O2. The molecule has 76 valence electrons. The van der Waals surface area contributed by atoms with Crippen LogP contribution in [-0.4, -0.2) is 22.4 Å². The van der Waals surface area contributed by atoms with Crippen molar-refractivity contribution in [3.63, 3.8) is 0 Å². The number of hydrogen-bond acceptors (Lipinski definition) is 2. The van der Waals surface area contributed by atoms with Gasteiger partial charge in [-0.1, -0.05) is 11.6 Å². The van der Waals surface area contributed by atoms with E-state index < -0.39 is 0 Å². The Morgan fingerprint density at radius 3 is 3.00 bits per heavy atom. The summed E-state index contributed by atoms with van der Waals surface area (Å²) in [5.74, 6) is 0. The topological polar surface area (TPSA) is 40.5 Å². The van der Waals surface area contributed by atoms with E-state index in [2.05, 4.69) is 0 Å². The van der Waals surface area contributed by atoms with Crippen LogP contribution < -0.4 is 0 Å². The molecule has 0 radical (unpaired) electrons. The van der Waals surface area contributed by atoms with Gasteiger partial charge in [-0.2, -0.15) is 0 Å². The molecule has 0 aromatic rings. The molecule has 0 fully saturated rings. The van der Waals surface area contributed by atoms with Crippen LogP contribution in [0.25, 0.3) is 0 Å². The van der Waals surface area contributed by atoms with Crippen LogP contribution in [0, 0.1) is 0 Å². The SMILES string of the molecule is CC(O)CCCC1=CC(O)CCC1. The van der Waals surface area contributed by atoms with Crippen molar-refractivity contribution in [2.75, 3.05) is 0 Å². The molecule has 1 rings (SSSR count). The van der Waals surface area contributed by atoms with Gasteiger partial charge in [0.1, 0.15) is 0 Å². The van der Waals surface area contributed by atoms with E-state index in [1.165, 1.54) is 5.57 Å². The highest BCUT2D eigenvalue weighted by atomic mass is 16.3. The summed E-state index contributed by atoms with van der Waals surface area (Å²) in [7, 11) is 0. The molecule has 1 aliphatic rings. The predicted molar refractivity (Wildman–Crippen MR) is 53.5 cm³/mol. The van der Waals surface area contributed by atoms with E-state index in [0.29, 0.717) is 0 Å². The lowest BCUT2D eigenvalue weighted by Crippen LogP contribution is -2.09. The van der Waals surface area contributed by atoms with Crippen molar-refractivity contribution in [2.45, 2.75) is 57.7 Å². The maximum Gasteiger partial charge on any atom is 0.0723 e.